The van der Waals surface area contributed by atoms with Gasteiger partial charge in [-0.3, -0.25) is 9.69 Å². The lowest BCUT2D eigenvalue weighted by Crippen LogP contribution is -2.36. The highest BCUT2D eigenvalue weighted by atomic mass is 16.1. The Labute approximate surface area is 85.7 Å². The van der Waals surface area contributed by atoms with Crippen LogP contribution in [0.4, 0.5) is 0 Å². The van der Waals surface area contributed by atoms with E-state index in [0.717, 1.165) is 31.1 Å². The molecule has 1 heterocycles. The first-order valence-electron chi connectivity index (χ1n) is 6.11. The molecule has 0 spiro atoms. The Hall–Kier alpha value is -0.370. The molecule has 2 heteroatoms. The lowest BCUT2D eigenvalue weighted by molar-refractivity contribution is -0.121. The Morgan fingerprint density at radius 1 is 1.00 bits per heavy atom. The summed E-state index contributed by atoms with van der Waals surface area (Å²) in [5.74, 6) is 2.39. The van der Waals surface area contributed by atoms with Crippen LogP contribution >= 0.6 is 0 Å². The van der Waals surface area contributed by atoms with Crippen molar-refractivity contribution < 1.29 is 4.79 Å². The van der Waals surface area contributed by atoms with Crippen LogP contribution < -0.4 is 0 Å². The van der Waals surface area contributed by atoms with Crippen molar-refractivity contribution in [3.05, 3.63) is 0 Å². The van der Waals surface area contributed by atoms with Gasteiger partial charge < -0.3 is 0 Å². The average Bonchev–Trinajstić information content (AvgIpc) is 2.75. The highest BCUT2D eigenvalue weighted by Gasteiger charge is 2.41. The number of carbonyl (C=O) groups is 1. The maximum absolute atomic E-state index is 11.6. The summed E-state index contributed by atoms with van der Waals surface area (Å²) in [4.78, 5) is 14.1. The molecular formula is C12H19NO. The fraction of sp³-hybridized carbons (Fsp3) is 0.917. The van der Waals surface area contributed by atoms with Crippen molar-refractivity contribution in [1.29, 1.82) is 0 Å². The van der Waals surface area contributed by atoms with E-state index in [-0.39, 0.29) is 0 Å². The van der Waals surface area contributed by atoms with Gasteiger partial charge in [0.1, 0.15) is 5.78 Å². The molecule has 2 nitrogen and oxygen atoms in total. The first kappa shape index (κ1) is 8.90. The van der Waals surface area contributed by atoms with Crippen LogP contribution in [0.25, 0.3) is 0 Å². The topological polar surface area (TPSA) is 20.3 Å². The fourth-order valence-electron chi connectivity index (χ4n) is 3.71. The highest BCUT2D eigenvalue weighted by Crippen LogP contribution is 2.39. The van der Waals surface area contributed by atoms with Gasteiger partial charge in [0, 0.05) is 19.5 Å². The molecule has 0 aromatic heterocycles. The van der Waals surface area contributed by atoms with Gasteiger partial charge in [-0.05, 0) is 37.5 Å². The number of nitrogens with zero attached hydrogens (tertiary/aromatic N) is 1. The highest BCUT2D eigenvalue weighted by molar-refractivity contribution is 5.85. The molecule has 3 atom stereocenters. The normalized spacial score (nSPS) is 43.4. The zero-order valence-electron chi connectivity index (χ0n) is 8.74. The average molecular weight is 193 g/mol. The molecule has 0 radical (unpaired) electrons. The standard InChI is InChI=1S/C12H19NO/c14-12-6-2-5-11(12)13-7-9-3-1-4-10(9)8-13/h9-11H,1-8H2. The molecule has 1 aliphatic heterocycles. The predicted octanol–water partition coefficient (Wildman–Crippen LogP) is 1.84. The van der Waals surface area contributed by atoms with Gasteiger partial charge in [0.2, 0.25) is 0 Å². The lowest BCUT2D eigenvalue weighted by atomic mass is 10.0. The maximum Gasteiger partial charge on any atom is 0.149 e. The van der Waals surface area contributed by atoms with Gasteiger partial charge in [-0.2, -0.15) is 0 Å². The number of fused-ring (bicyclic) bond motifs is 1. The molecule has 1 saturated heterocycles. The second-order valence-corrected chi connectivity index (χ2v) is 5.28. The van der Waals surface area contributed by atoms with Gasteiger partial charge in [0.25, 0.3) is 0 Å². The van der Waals surface area contributed by atoms with Crippen LogP contribution in [0.3, 0.4) is 0 Å². The molecule has 3 unspecified atom stereocenters. The quantitative estimate of drug-likeness (QED) is 0.633. The Morgan fingerprint density at radius 2 is 1.71 bits per heavy atom. The summed E-state index contributed by atoms with van der Waals surface area (Å²) in [5, 5.41) is 0. The molecule has 0 bridgehead atoms. The molecule has 3 fully saturated rings. The van der Waals surface area contributed by atoms with Crippen LogP contribution in [0.2, 0.25) is 0 Å². The van der Waals surface area contributed by atoms with E-state index in [4.69, 9.17) is 0 Å². The summed E-state index contributed by atoms with van der Waals surface area (Å²) < 4.78 is 0. The van der Waals surface area contributed by atoms with Crippen molar-refractivity contribution in [3.63, 3.8) is 0 Å². The maximum atomic E-state index is 11.6. The van der Waals surface area contributed by atoms with Gasteiger partial charge in [0.15, 0.2) is 0 Å². The summed E-state index contributed by atoms with van der Waals surface area (Å²) in [5.41, 5.74) is 0. The Bertz CT molecular complexity index is 239. The number of ketones is 1. The number of likely N-dealkylation sites (tertiary alicyclic amines) is 1. The summed E-state index contributed by atoms with van der Waals surface area (Å²) in [7, 11) is 0. The number of carbonyl (C=O) groups excluding carboxylic acids is 1. The summed E-state index contributed by atoms with van der Waals surface area (Å²) in [6.45, 7) is 2.45. The van der Waals surface area contributed by atoms with Crippen LogP contribution in [-0.4, -0.2) is 29.8 Å². The van der Waals surface area contributed by atoms with Gasteiger partial charge >= 0.3 is 0 Å². The molecule has 3 rings (SSSR count). The third-order valence-corrected chi connectivity index (χ3v) is 4.47. The van der Waals surface area contributed by atoms with Crippen LogP contribution in [-0.2, 0) is 4.79 Å². The van der Waals surface area contributed by atoms with Gasteiger partial charge in [0.05, 0.1) is 6.04 Å². The van der Waals surface area contributed by atoms with E-state index in [1.165, 1.54) is 32.4 Å². The Balaban J connectivity index is 1.67. The van der Waals surface area contributed by atoms with Crippen LogP contribution in [0.15, 0.2) is 0 Å². The predicted molar refractivity (Wildman–Crippen MR) is 55.1 cm³/mol. The monoisotopic (exact) mass is 193 g/mol. The van der Waals surface area contributed by atoms with Gasteiger partial charge in [-0.15, -0.1) is 0 Å². The molecule has 0 N–H and O–H groups in total. The third-order valence-electron chi connectivity index (χ3n) is 4.47. The van der Waals surface area contributed by atoms with Crippen molar-refractivity contribution in [2.45, 2.75) is 44.6 Å². The molecule has 14 heavy (non-hydrogen) atoms. The zero-order chi connectivity index (χ0) is 9.54. The molecule has 3 aliphatic rings. The van der Waals surface area contributed by atoms with Crippen molar-refractivity contribution in [1.82, 2.24) is 4.90 Å². The van der Waals surface area contributed by atoms with Gasteiger partial charge in [-0.1, -0.05) is 6.42 Å². The smallest absolute Gasteiger partial charge is 0.149 e. The second-order valence-electron chi connectivity index (χ2n) is 5.28. The minimum absolute atomic E-state index is 0.320. The minimum atomic E-state index is 0.320. The largest absolute Gasteiger partial charge is 0.298 e. The third kappa shape index (κ3) is 1.31. The minimum Gasteiger partial charge on any atom is -0.298 e. The van der Waals surface area contributed by atoms with E-state index in [1.807, 2.05) is 0 Å². The van der Waals surface area contributed by atoms with E-state index in [1.54, 1.807) is 0 Å². The van der Waals surface area contributed by atoms with E-state index < -0.39 is 0 Å². The van der Waals surface area contributed by atoms with E-state index in [0.29, 0.717) is 11.8 Å². The van der Waals surface area contributed by atoms with Crippen molar-refractivity contribution in [2.24, 2.45) is 11.8 Å². The van der Waals surface area contributed by atoms with E-state index in [2.05, 4.69) is 4.90 Å². The van der Waals surface area contributed by atoms with Crippen LogP contribution in [0.5, 0.6) is 0 Å². The van der Waals surface area contributed by atoms with E-state index >= 15 is 0 Å². The van der Waals surface area contributed by atoms with Crippen LogP contribution in [0.1, 0.15) is 38.5 Å². The van der Waals surface area contributed by atoms with E-state index in [9.17, 15) is 4.79 Å². The number of Topliss-reactive ketones (excluding diaryl/α,β-unsaturated/α-hetero) is 1. The SMILES string of the molecule is O=C1CCCC1N1CC2CCCC2C1. The molecule has 2 aliphatic carbocycles. The molecule has 0 aromatic rings. The Kier molecular flexibility index (Phi) is 2.12. The summed E-state index contributed by atoms with van der Waals surface area (Å²) in [6, 6.07) is 0.320. The summed E-state index contributed by atoms with van der Waals surface area (Å²) in [6.07, 6.45) is 7.38. The van der Waals surface area contributed by atoms with Gasteiger partial charge in [-0.25, -0.2) is 0 Å². The summed E-state index contributed by atoms with van der Waals surface area (Å²) >= 11 is 0. The van der Waals surface area contributed by atoms with Crippen molar-refractivity contribution in [3.8, 4) is 0 Å². The molecule has 2 saturated carbocycles. The number of rotatable bonds is 1. The molecule has 0 amide bonds. The lowest BCUT2D eigenvalue weighted by Gasteiger charge is -2.22. The first-order valence-corrected chi connectivity index (χ1v) is 6.11. The van der Waals surface area contributed by atoms with Crippen molar-refractivity contribution >= 4 is 5.78 Å². The molecule has 0 aromatic carbocycles. The van der Waals surface area contributed by atoms with Crippen LogP contribution in [0, 0.1) is 11.8 Å². The molecule has 78 valence electrons. The number of hydrogen-bond acceptors (Lipinski definition) is 2. The van der Waals surface area contributed by atoms with Crippen molar-refractivity contribution in [2.75, 3.05) is 13.1 Å². The Morgan fingerprint density at radius 3 is 2.29 bits per heavy atom. The first-order chi connectivity index (χ1) is 6.84. The molecular weight excluding hydrogens is 174 g/mol. The zero-order valence-corrected chi connectivity index (χ0v) is 8.74. The fourth-order valence-corrected chi connectivity index (χ4v) is 3.71. The second kappa shape index (κ2) is 3.34. The number of hydrogen-bond donors (Lipinski definition) is 0.